The number of alkyl halides is 1. The summed E-state index contributed by atoms with van der Waals surface area (Å²) in [6.45, 7) is -0.868. The lowest BCUT2D eigenvalue weighted by molar-refractivity contribution is -0.0409. The van der Waals surface area contributed by atoms with E-state index in [-0.39, 0.29) is 0 Å². The van der Waals surface area contributed by atoms with E-state index < -0.39 is 31.2 Å². The number of hydrogen-bond donors (Lipinski definition) is 3. The van der Waals surface area contributed by atoms with Crippen molar-refractivity contribution in [3.63, 3.8) is 0 Å². The Balaban J connectivity index is 1.44. The summed E-state index contributed by atoms with van der Waals surface area (Å²) in [5.41, 5.74) is 1.07. The van der Waals surface area contributed by atoms with Crippen LogP contribution in [0.3, 0.4) is 0 Å². The van der Waals surface area contributed by atoms with E-state index >= 15 is 0 Å². The predicted molar refractivity (Wildman–Crippen MR) is 90.1 cm³/mol. The third-order valence-electron chi connectivity index (χ3n) is 6.18. The predicted octanol–water partition coefficient (Wildman–Crippen LogP) is 1.02. The molecule has 2 aliphatic carbocycles. The van der Waals surface area contributed by atoms with Crippen LogP contribution in [0.4, 0.5) is 10.2 Å². The first kappa shape index (κ1) is 16.3. The van der Waals surface area contributed by atoms with Gasteiger partial charge in [-0.3, -0.25) is 4.57 Å². The molecule has 5 rings (SSSR count). The maximum atomic E-state index is 13.0. The molecular formula is C17H22FN5O3. The Labute approximate surface area is 149 Å². The highest BCUT2D eigenvalue weighted by Crippen LogP contribution is 2.45. The first-order valence-corrected chi connectivity index (χ1v) is 9.17. The fraction of sp³-hybridized carbons (Fsp3) is 0.706. The van der Waals surface area contributed by atoms with Gasteiger partial charge in [0.25, 0.3) is 0 Å². The van der Waals surface area contributed by atoms with Gasteiger partial charge in [-0.05, 0) is 31.1 Å². The van der Waals surface area contributed by atoms with Crippen molar-refractivity contribution in [1.29, 1.82) is 0 Å². The van der Waals surface area contributed by atoms with Crippen LogP contribution in [0.1, 0.15) is 31.9 Å². The number of aliphatic hydroxyl groups excluding tert-OH is 2. The molecule has 1 aliphatic heterocycles. The lowest BCUT2D eigenvalue weighted by atomic mass is 9.95. The lowest BCUT2D eigenvalue weighted by Gasteiger charge is -2.23. The van der Waals surface area contributed by atoms with Crippen LogP contribution in [0.25, 0.3) is 11.2 Å². The molecule has 140 valence electrons. The molecule has 3 N–H and O–H groups in total. The van der Waals surface area contributed by atoms with Crippen molar-refractivity contribution in [2.45, 2.75) is 56.3 Å². The number of ether oxygens (including phenoxy) is 1. The first-order chi connectivity index (χ1) is 12.7. The normalized spacial score (nSPS) is 39.1. The van der Waals surface area contributed by atoms with Crippen LogP contribution in [0, 0.1) is 11.8 Å². The van der Waals surface area contributed by atoms with E-state index in [9.17, 15) is 14.6 Å². The van der Waals surface area contributed by atoms with Crippen molar-refractivity contribution in [3.05, 3.63) is 12.7 Å². The van der Waals surface area contributed by atoms with E-state index in [0.717, 1.165) is 12.3 Å². The Bertz CT molecular complexity index is 817. The summed E-state index contributed by atoms with van der Waals surface area (Å²) in [6, 6.07) is 0.406. The minimum atomic E-state index is -1.28. The third kappa shape index (κ3) is 2.41. The number of nitrogens with zero attached hydrogens (tertiary/aromatic N) is 4. The average Bonchev–Trinajstić information content (AvgIpc) is 3.41. The molecule has 1 saturated heterocycles. The van der Waals surface area contributed by atoms with Gasteiger partial charge in [0.05, 0.1) is 6.33 Å². The first-order valence-electron chi connectivity index (χ1n) is 9.17. The standard InChI is InChI=1S/C17H22FN5O3/c18-5-11-13(24)14(25)17(26-11)23-7-21-12-15(19-6-20-16(12)23)22-10-4-8-1-2-9(10)3-8/h6-11,13-14,17,24-25H,1-5H2,(H,19,20,22)/t8-,9+,10-,11+,13+,14+,17+/m0/s1. The Morgan fingerprint density at radius 1 is 1.19 bits per heavy atom. The molecular weight excluding hydrogens is 341 g/mol. The van der Waals surface area contributed by atoms with Crippen molar-refractivity contribution in [2.75, 3.05) is 12.0 Å². The number of halogens is 1. The molecule has 2 aromatic heterocycles. The van der Waals surface area contributed by atoms with Gasteiger partial charge in [0.2, 0.25) is 0 Å². The summed E-state index contributed by atoms with van der Waals surface area (Å²) in [5.74, 6) is 2.17. The molecule has 3 heterocycles. The quantitative estimate of drug-likeness (QED) is 0.745. The summed E-state index contributed by atoms with van der Waals surface area (Å²) in [4.78, 5) is 13.0. The van der Waals surface area contributed by atoms with Gasteiger partial charge in [0.15, 0.2) is 23.2 Å². The minimum absolute atomic E-state index is 0.406. The number of rotatable bonds is 4. The van der Waals surface area contributed by atoms with Gasteiger partial charge in [0, 0.05) is 6.04 Å². The number of fused-ring (bicyclic) bond motifs is 3. The van der Waals surface area contributed by atoms with E-state index in [4.69, 9.17) is 4.74 Å². The SMILES string of the molecule is O[C@@H]1[C@H](O)[C@@H](CF)O[C@H]1n1cnc2c(N[C@H]3C[C@H]4CC[C@@H]3C4)ncnc21. The molecule has 3 fully saturated rings. The third-order valence-corrected chi connectivity index (χ3v) is 6.18. The molecule has 0 unspecified atom stereocenters. The number of aliphatic hydroxyl groups is 2. The van der Waals surface area contributed by atoms with Crippen LogP contribution in [0.5, 0.6) is 0 Å². The summed E-state index contributed by atoms with van der Waals surface area (Å²) in [6.07, 6.45) is 3.45. The molecule has 3 aliphatic rings. The van der Waals surface area contributed by atoms with Crippen LogP contribution in [-0.4, -0.2) is 60.8 Å². The van der Waals surface area contributed by atoms with E-state index in [0.29, 0.717) is 28.9 Å². The van der Waals surface area contributed by atoms with Crippen molar-refractivity contribution in [2.24, 2.45) is 11.8 Å². The molecule has 2 saturated carbocycles. The van der Waals surface area contributed by atoms with Gasteiger partial charge in [-0.2, -0.15) is 0 Å². The fourth-order valence-corrected chi connectivity index (χ4v) is 4.83. The number of imidazole rings is 1. The summed E-state index contributed by atoms with van der Waals surface area (Å²) < 4.78 is 20.0. The number of anilines is 1. The maximum absolute atomic E-state index is 13.0. The highest BCUT2D eigenvalue weighted by atomic mass is 19.1. The topological polar surface area (TPSA) is 105 Å². The summed E-state index contributed by atoms with van der Waals surface area (Å²) >= 11 is 0. The Hall–Kier alpha value is -1.84. The maximum Gasteiger partial charge on any atom is 0.167 e. The molecule has 0 aromatic carbocycles. The molecule has 2 aromatic rings. The average molecular weight is 363 g/mol. The Morgan fingerprint density at radius 3 is 2.77 bits per heavy atom. The lowest BCUT2D eigenvalue weighted by Crippen LogP contribution is -2.32. The van der Waals surface area contributed by atoms with E-state index in [1.807, 2.05) is 0 Å². The second-order valence-corrected chi connectivity index (χ2v) is 7.67. The number of nitrogens with one attached hydrogen (secondary N) is 1. The van der Waals surface area contributed by atoms with Crippen molar-refractivity contribution in [3.8, 4) is 0 Å². The molecule has 26 heavy (non-hydrogen) atoms. The zero-order valence-corrected chi connectivity index (χ0v) is 14.2. The van der Waals surface area contributed by atoms with Gasteiger partial charge < -0.3 is 20.3 Å². The number of hydrogen-bond acceptors (Lipinski definition) is 7. The van der Waals surface area contributed by atoms with Gasteiger partial charge in [-0.25, -0.2) is 19.3 Å². The van der Waals surface area contributed by atoms with Gasteiger partial charge in [-0.15, -0.1) is 0 Å². The van der Waals surface area contributed by atoms with E-state index in [1.54, 1.807) is 0 Å². The van der Waals surface area contributed by atoms with E-state index in [1.165, 1.54) is 36.5 Å². The molecule has 2 bridgehead atoms. The molecule has 8 nitrogen and oxygen atoms in total. The zero-order valence-electron chi connectivity index (χ0n) is 14.2. The smallest absolute Gasteiger partial charge is 0.167 e. The van der Waals surface area contributed by atoms with Crippen LogP contribution in [0.2, 0.25) is 0 Å². The second kappa shape index (κ2) is 6.11. The van der Waals surface area contributed by atoms with Crippen LogP contribution in [0.15, 0.2) is 12.7 Å². The summed E-state index contributed by atoms with van der Waals surface area (Å²) in [5, 5.41) is 23.6. The van der Waals surface area contributed by atoms with Crippen LogP contribution in [-0.2, 0) is 4.74 Å². The molecule has 0 amide bonds. The minimum Gasteiger partial charge on any atom is -0.387 e. The van der Waals surface area contributed by atoms with E-state index in [2.05, 4.69) is 20.3 Å². The highest BCUT2D eigenvalue weighted by Gasteiger charge is 2.44. The molecule has 9 heteroatoms. The highest BCUT2D eigenvalue weighted by molar-refractivity contribution is 5.82. The number of aromatic nitrogens is 4. The van der Waals surface area contributed by atoms with Crippen molar-refractivity contribution < 1.29 is 19.3 Å². The molecule has 0 spiro atoms. The summed E-state index contributed by atoms with van der Waals surface area (Å²) in [7, 11) is 0. The van der Waals surface area contributed by atoms with Gasteiger partial charge >= 0.3 is 0 Å². The zero-order chi connectivity index (χ0) is 17.8. The second-order valence-electron chi connectivity index (χ2n) is 7.67. The Kier molecular flexibility index (Phi) is 3.84. The van der Waals surface area contributed by atoms with Crippen molar-refractivity contribution in [1.82, 2.24) is 19.5 Å². The van der Waals surface area contributed by atoms with Gasteiger partial charge in [0.1, 0.15) is 31.3 Å². The molecule has 0 radical (unpaired) electrons. The van der Waals surface area contributed by atoms with Crippen molar-refractivity contribution >= 4 is 17.0 Å². The monoisotopic (exact) mass is 363 g/mol. The van der Waals surface area contributed by atoms with Crippen LogP contribution >= 0.6 is 0 Å². The molecule has 7 atom stereocenters. The van der Waals surface area contributed by atoms with Gasteiger partial charge in [-0.1, -0.05) is 6.42 Å². The van der Waals surface area contributed by atoms with Crippen LogP contribution < -0.4 is 5.32 Å². The largest absolute Gasteiger partial charge is 0.387 e. The fourth-order valence-electron chi connectivity index (χ4n) is 4.83. The Morgan fingerprint density at radius 2 is 2.08 bits per heavy atom.